The van der Waals surface area contributed by atoms with Gasteiger partial charge in [-0.15, -0.1) is 0 Å². The summed E-state index contributed by atoms with van der Waals surface area (Å²) in [5.41, 5.74) is 3.11. The van der Waals surface area contributed by atoms with E-state index in [9.17, 15) is 4.79 Å². The van der Waals surface area contributed by atoms with Crippen molar-refractivity contribution in [2.45, 2.75) is 32.7 Å². The minimum atomic E-state index is -0.323. The summed E-state index contributed by atoms with van der Waals surface area (Å²) in [6, 6.07) is 11.2. The highest BCUT2D eigenvalue weighted by molar-refractivity contribution is 6.32. The second-order valence-corrected chi connectivity index (χ2v) is 7.31. The molecule has 0 bridgehead atoms. The van der Waals surface area contributed by atoms with E-state index in [4.69, 9.17) is 25.5 Å². The van der Waals surface area contributed by atoms with Crippen LogP contribution in [0.1, 0.15) is 30.9 Å². The molecule has 5 nitrogen and oxygen atoms in total. The number of benzene rings is 2. The summed E-state index contributed by atoms with van der Waals surface area (Å²) in [7, 11) is 1.59. The van der Waals surface area contributed by atoms with Crippen molar-refractivity contribution >= 4 is 28.3 Å². The van der Waals surface area contributed by atoms with Gasteiger partial charge in [-0.3, -0.25) is 0 Å². The number of hydrogen-bond donors (Lipinski definition) is 0. The zero-order chi connectivity index (χ0) is 19.7. The van der Waals surface area contributed by atoms with Gasteiger partial charge >= 0.3 is 5.63 Å². The Balaban J connectivity index is 1.75. The molecular weight excluding hydrogens is 378 g/mol. The molecule has 0 aliphatic carbocycles. The Morgan fingerprint density at radius 3 is 2.82 bits per heavy atom. The van der Waals surface area contributed by atoms with Crippen LogP contribution < -0.4 is 20.0 Å². The number of anilines is 1. The van der Waals surface area contributed by atoms with Crippen molar-refractivity contribution in [2.75, 3.05) is 18.7 Å². The average molecular weight is 400 g/mol. The molecule has 1 aliphatic heterocycles. The van der Waals surface area contributed by atoms with E-state index in [2.05, 4.69) is 6.92 Å². The Morgan fingerprint density at radius 1 is 1.21 bits per heavy atom. The van der Waals surface area contributed by atoms with Crippen molar-refractivity contribution in [3.05, 3.63) is 63.0 Å². The van der Waals surface area contributed by atoms with Crippen molar-refractivity contribution < 1.29 is 13.9 Å². The molecule has 0 amide bonds. The van der Waals surface area contributed by atoms with Crippen LogP contribution in [0, 0.1) is 0 Å². The molecule has 146 valence electrons. The summed E-state index contributed by atoms with van der Waals surface area (Å²) < 4.78 is 16.8. The van der Waals surface area contributed by atoms with Gasteiger partial charge in [0.25, 0.3) is 0 Å². The molecule has 0 saturated heterocycles. The number of halogens is 1. The van der Waals surface area contributed by atoms with Crippen molar-refractivity contribution in [1.29, 1.82) is 0 Å². The number of rotatable bonds is 5. The Hall–Kier alpha value is -2.66. The molecule has 28 heavy (non-hydrogen) atoms. The SMILES string of the molecule is CCCCc1cc(=O)oc2c3c(ccc12)OCN(c1ccc(OC)c(Cl)c1)C3. The number of unbranched alkanes of at least 4 members (excludes halogenated alkanes) is 1. The third kappa shape index (κ3) is 3.42. The molecule has 0 atom stereocenters. The van der Waals surface area contributed by atoms with E-state index >= 15 is 0 Å². The second kappa shape index (κ2) is 7.76. The molecule has 2 heterocycles. The minimum Gasteiger partial charge on any atom is -0.495 e. The van der Waals surface area contributed by atoms with Crippen LogP contribution in [-0.2, 0) is 13.0 Å². The predicted molar refractivity (Wildman–Crippen MR) is 111 cm³/mol. The highest BCUT2D eigenvalue weighted by Gasteiger charge is 2.23. The van der Waals surface area contributed by atoms with Gasteiger partial charge in [0.1, 0.15) is 17.1 Å². The van der Waals surface area contributed by atoms with Crippen LogP contribution in [0.4, 0.5) is 5.69 Å². The van der Waals surface area contributed by atoms with Crippen LogP contribution >= 0.6 is 11.6 Å². The molecule has 0 fully saturated rings. The van der Waals surface area contributed by atoms with Crippen LogP contribution in [-0.4, -0.2) is 13.8 Å². The summed E-state index contributed by atoms with van der Waals surface area (Å²) in [6.07, 6.45) is 2.96. The number of aryl methyl sites for hydroxylation is 1. The lowest BCUT2D eigenvalue weighted by atomic mass is 10.0. The van der Waals surface area contributed by atoms with Crippen LogP contribution in [0.15, 0.2) is 45.6 Å². The second-order valence-electron chi connectivity index (χ2n) is 6.90. The summed E-state index contributed by atoms with van der Waals surface area (Å²) in [6.45, 7) is 3.09. The van der Waals surface area contributed by atoms with E-state index in [1.807, 2.05) is 35.2 Å². The predicted octanol–water partition coefficient (Wildman–Crippen LogP) is 5.15. The molecule has 2 aromatic carbocycles. The van der Waals surface area contributed by atoms with Gasteiger partial charge in [0.05, 0.1) is 24.2 Å². The molecule has 0 unspecified atom stereocenters. The lowest BCUT2D eigenvalue weighted by Gasteiger charge is -2.31. The summed E-state index contributed by atoms with van der Waals surface area (Å²) in [4.78, 5) is 14.2. The van der Waals surface area contributed by atoms with Crippen LogP contribution in [0.2, 0.25) is 5.02 Å². The van der Waals surface area contributed by atoms with Crippen LogP contribution in [0.3, 0.4) is 0 Å². The molecule has 1 aliphatic rings. The fourth-order valence-corrected chi connectivity index (χ4v) is 3.84. The highest BCUT2D eigenvalue weighted by atomic mass is 35.5. The highest BCUT2D eigenvalue weighted by Crippen LogP contribution is 2.36. The first-order chi connectivity index (χ1) is 13.6. The van der Waals surface area contributed by atoms with E-state index in [1.54, 1.807) is 13.2 Å². The van der Waals surface area contributed by atoms with Gasteiger partial charge in [0, 0.05) is 17.1 Å². The smallest absolute Gasteiger partial charge is 0.336 e. The molecule has 0 spiro atoms. The summed E-state index contributed by atoms with van der Waals surface area (Å²) in [5.74, 6) is 1.37. The number of ether oxygens (including phenoxy) is 2. The largest absolute Gasteiger partial charge is 0.495 e. The summed E-state index contributed by atoms with van der Waals surface area (Å²) >= 11 is 6.28. The molecular formula is C22H22ClNO4. The fraction of sp³-hybridized carbons (Fsp3) is 0.318. The number of fused-ring (bicyclic) bond motifs is 3. The van der Waals surface area contributed by atoms with E-state index in [0.29, 0.717) is 29.6 Å². The Bertz CT molecular complexity index is 1080. The minimum absolute atomic E-state index is 0.323. The first-order valence-electron chi connectivity index (χ1n) is 9.40. The molecule has 1 aromatic heterocycles. The number of methoxy groups -OCH3 is 1. The van der Waals surface area contributed by atoms with E-state index in [-0.39, 0.29) is 5.63 Å². The lowest BCUT2D eigenvalue weighted by molar-refractivity contribution is 0.289. The van der Waals surface area contributed by atoms with Gasteiger partial charge in [-0.1, -0.05) is 24.9 Å². The maximum absolute atomic E-state index is 12.2. The van der Waals surface area contributed by atoms with Gasteiger partial charge in [-0.25, -0.2) is 4.79 Å². The zero-order valence-electron chi connectivity index (χ0n) is 16.0. The third-order valence-electron chi connectivity index (χ3n) is 5.08. The third-order valence-corrected chi connectivity index (χ3v) is 5.38. The monoisotopic (exact) mass is 399 g/mol. The molecule has 3 aromatic rings. The van der Waals surface area contributed by atoms with Crippen molar-refractivity contribution in [1.82, 2.24) is 0 Å². The summed E-state index contributed by atoms with van der Waals surface area (Å²) in [5, 5.41) is 1.52. The van der Waals surface area contributed by atoms with Crippen molar-refractivity contribution in [3.63, 3.8) is 0 Å². The fourth-order valence-electron chi connectivity index (χ4n) is 3.59. The van der Waals surface area contributed by atoms with E-state index in [1.165, 1.54) is 0 Å². The number of nitrogens with zero attached hydrogens (tertiary/aromatic N) is 1. The normalized spacial score (nSPS) is 13.3. The first kappa shape index (κ1) is 18.7. The first-order valence-corrected chi connectivity index (χ1v) is 9.78. The van der Waals surface area contributed by atoms with Gasteiger partial charge in [0.2, 0.25) is 0 Å². The van der Waals surface area contributed by atoms with Gasteiger partial charge in [-0.2, -0.15) is 0 Å². The Labute approximate surface area is 168 Å². The Kier molecular flexibility index (Phi) is 5.18. The molecule has 0 saturated carbocycles. The van der Waals surface area contributed by atoms with Crippen LogP contribution in [0.25, 0.3) is 11.0 Å². The lowest BCUT2D eigenvalue weighted by Crippen LogP contribution is -2.32. The van der Waals surface area contributed by atoms with Gasteiger partial charge < -0.3 is 18.8 Å². The van der Waals surface area contributed by atoms with Crippen molar-refractivity contribution in [3.8, 4) is 11.5 Å². The number of hydrogen-bond acceptors (Lipinski definition) is 5. The van der Waals surface area contributed by atoms with E-state index < -0.39 is 0 Å². The average Bonchev–Trinajstić information content (AvgIpc) is 2.71. The molecule has 6 heteroatoms. The maximum atomic E-state index is 12.2. The molecule has 4 rings (SSSR count). The van der Waals surface area contributed by atoms with Crippen molar-refractivity contribution in [2.24, 2.45) is 0 Å². The topological polar surface area (TPSA) is 51.9 Å². The standard InChI is InChI=1S/C22H22ClNO4/c1-3-4-5-14-10-21(25)28-22-16(14)7-9-19-17(22)12-24(13-27-19)15-6-8-20(26-2)18(23)11-15/h6-11H,3-5,12-13H2,1-2H3. The maximum Gasteiger partial charge on any atom is 0.336 e. The van der Waals surface area contributed by atoms with Gasteiger partial charge in [0.15, 0.2) is 6.73 Å². The van der Waals surface area contributed by atoms with E-state index in [0.717, 1.165) is 47.2 Å². The molecule has 0 radical (unpaired) electrons. The Morgan fingerprint density at radius 2 is 2.07 bits per heavy atom. The zero-order valence-corrected chi connectivity index (χ0v) is 16.7. The van der Waals surface area contributed by atoms with Crippen LogP contribution in [0.5, 0.6) is 11.5 Å². The quantitative estimate of drug-likeness (QED) is 0.555. The van der Waals surface area contributed by atoms with Gasteiger partial charge in [-0.05, 0) is 48.7 Å². The molecule has 0 N–H and O–H groups in total.